The first-order valence-corrected chi connectivity index (χ1v) is 9.60. The molecule has 26 heavy (non-hydrogen) atoms. The van der Waals surface area contributed by atoms with E-state index in [0.29, 0.717) is 12.1 Å². The van der Waals surface area contributed by atoms with Crippen molar-refractivity contribution in [2.45, 2.75) is 19.9 Å². The van der Waals surface area contributed by atoms with Crippen LogP contribution < -0.4 is 10.2 Å². The number of nitrogens with one attached hydrogen (secondary N) is 2. The Morgan fingerprint density at radius 1 is 1.19 bits per heavy atom. The normalized spacial score (nSPS) is 12.3. The van der Waals surface area contributed by atoms with Crippen molar-refractivity contribution in [2.75, 3.05) is 20.6 Å². The standard InChI is InChI=1S/C20H24N4OS/c1-14-19(15(2)24(22-14)16-9-6-5-7-10-16)20(25)21-13-17(23(3)4)18-11-8-12-26-18/h5-12,17H,13H2,1-4H3,(H,21,25)/p+1/t17-/m0/s1. The van der Waals surface area contributed by atoms with Crippen LogP contribution in [0.1, 0.15) is 32.7 Å². The quantitative estimate of drug-likeness (QED) is 0.700. The maximum Gasteiger partial charge on any atom is 0.255 e. The van der Waals surface area contributed by atoms with Gasteiger partial charge in [-0.05, 0) is 37.4 Å². The number of benzene rings is 1. The highest BCUT2D eigenvalue weighted by molar-refractivity contribution is 7.10. The van der Waals surface area contributed by atoms with E-state index in [1.165, 1.54) is 9.78 Å². The molecule has 6 heteroatoms. The number of carbonyl (C=O) groups excluding carboxylic acids is 1. The summed E-state index contributed by atoms with van der Waals surface area (Å²) in [6, 6.07) is 14.3. The zero-order valence-electron chi connectivity index (χ0n) is 15.6. The van der Waals surface area contributed by atoms with Crippen LogP contribution in [0.25, 0.3) is 5.69 Å². The third kappa shape index (κ3) is 3.71. The van der Waals surface area contributed by atoms with Gasteiger partial charge in [0.2, 0.25) is 0 Å². The first-order valence-electron chi connectivity index (χ1n) is 8.72. The van der Waals surface area contributed by atoms with Crippen LogP contribution in [0.3, 0.4) is 0 Å². The predicted molar refractivity (Wildman–Crippen MR) is 105 cm³/mol. The SMILES string of the molecule is Cc1nn(-c2ccccc2)c(C)c1C(=O)NC[C@@H](c1cccs1)[NH+](C)C. The molecule has 0 fully saturated rings. The number of thiophene rings is 1. The molecule has 0 spiro atoms. The van der Waals surface area contributed by atoms with Crippen molar-refractivity contribution in [1.82, 2.24) is 15.1 Å². The van der Waals surface area contributed by atoms with Gasteiger partial charge in [0, 0.05) is 0 Å². The number of para-hydroxylation sites is 1. The number of nitrogens with zero attached hydrogens (tertiary/aromatic N) is 2. The Balaban J connectivity index is 1.79. The van der Waals surface area contributed by atoms with E-state index in [9.17, 15) is 4.79 Å². The third-order valence-corrected chi connectivity index (χ3v) is 5.56. The van der Waals surface area contributed by atoms with Gasteiger partial charge in [0.05, 0.1) is 48.2 Å². The van der Waals surface area contributed by atoms with E-state index in [0.717, 1.165) is 17.1 Å². The molecule has 3 rings (SSSR count). The maximum absolute atomic E-state index is 12.9. The van der Waals surface area contributed by atoms with Crippen LogP contribution in [0.15, 0.2) is 47.8 Å². The Labute approximate surface area is 158 Å². The molecule has 2 heterocycles. The maximum atomic E-state index is 12.9. The lowest BCUT2D eigenvalue weighted by atomic mass is 10.1. The summed E-state index contributed by atoms with van der Waals surface area (Å²) < 4.78 is 1.83. The Hall–Kier alpha value is -2.44. The zero-order chi connectivity index (χ0) is 18.7. The summed E-state index contributed by atoms with van der Waals surface area (Å²) in [4.78, 5) is 15.4. The number of rotatable bonds is 6. The van der Waals surface area contributed by atoms with Gasteiger partial charge in [0.25, 0.3) is 5.91 Å². The predicted octanol–water partition coefficient (Wildman–Crippen LogP) is 2.17. The largest absolute Gasteiger partial charge is 0.346 e. The number of quaternary nitrogens is 1. The molecule has 2 aromatic heterocycles. The average molecular weight is 370 g/mol. The van der Waals surface area contributed by atoms with Gasteiger partial charge in [0.1, 0.15) is 6.04 Å². The lowest BCUT2D eigenvalue weighted by Gasteiger charge is -2.20. The van der Waals surface area contributed by atoms with E-state index in [2.05, 4.69) is 42.0 Å². The van der Waals surface area contributed by atoms with Crippen molar-refractivity contribution in [1.29, 1.82) is 0 Å². The molecule has 2 N–H and O–H groups in total. The molecule has 0 bridgehead atoms. The van der Waals surface area contributed by atoms with Crippen LogP contribution in [0.2, 0.25) is 0 Å². The minimum absolute atomic E-state index is 0.0648. The summed E-state index contributed by atoms with van der Waals surface area (Å²) >= 11 is 1.73. The summed E-state index contributed by atoms with van der Waals surface area (Å²) in [6.45, 7) is 4.42. The van der Waals surface area contributed by atoms with Gasteiger partial charge in [-0.25, -0.2) is 4.68 Å². The van der Waals surface area contributed by atoms with Crippen molar-refractivity contribution in [3.63, 3.8) is 0 Å². The van der Waals surface area contributed by atoms with Crippen LogP contribution in [-0.4, -0.2) is 36.3 Å². The fourth-order valence-electron chi connectivity index (χ4n) is 3.15. The van der Waals surface area contributed by atoms with Gasteiger partial charge in [0.15, 0.2) is 0 Å². The molecule has 0 unspecified atom stereocenters. The summed E-state index contributed by atoms with van der Waals surface area (Å²) in [6.07, 6.45) is 0. The average Bonchev–Trinajstić information content (AvgIpc) is 3.24. The van der Waals surface area contributed by atoms with E-state index in [1.54, 1.807) is 11.3 Å². The number of aromatic nitrogens is 2. The molecule has 1 amide bonds. The molecular weight excluding hydrogens is 344 g/mol. The molecule has 0 aliphatic rings. The number of carbonyl (C=O) groups is 1. The Kier molecular flexibility index (Phi) is 5.54. The number of amides is 1. The van der Waals surface area contributed by atoms with Crippen molar-refractivity contribution in [2.24, 2.45) is 0 Å². The summed E-state index contributed by atoms with van der Waals surface area (Å²) in [7, 11) is 4.22. The highest BCUT2D eigenvalue weighted by Crippen LogP contribution is 2.19. The summed E-state index contributed by atoms with van der Waals surface area (Å²) in [5.74, 6) is -0.0648. The van der Waals surface area contributed by atoms with E-state index in [-0.39, 0.29) is 11.9 Å². The van der Waals surface area contributed by atoms with E-state index in [4.69, 9.17) is 0 Å². The second kappa shape index (κ2) is 7.85. The summed E-state index contributed by atoms with van der Waals surface area (Å²) in [5, 5.41) is 9.75. The fourth-order valence-corrected chi connectivity index (χ4v) is 4.11. The zero-order valence-corrected chi connectivity index (χ0v) is 16.4. The molecule has 0 saturated heterocycles. The Morgan fingerprint density at radius 3 is 2.54 bits per heavy atom. The molecule has 0 saturated carbocycles. The number of hydrogen-bond acceptors (Lipinski definition) is 3. The van der Waals surface area contributed by atoms with Crippen LogP contribution >= 0.6 is 11.3 Å². The molecule has 0 aliphatic carbocycles. The molecular formula is C20H25N4OS+. The fraction of sp³-hybridized carbons (Fsp3) is 0.300. The van der Waals surface area contributed by atoms with Crippen molar-refractivity contribution < 1.29 is 9.69 Å². The van der Waals surface area contributed by atoms with Crippen molar-refractivity contribution >= 4 is 17.2 Å². The Morgan fingerprint density at radius 2 is 1.92 bits per heavy atom. The highest BCUT2D eigenvalue weighted by Gasteiger charge is 2.23. The van der Waals surface area contributed by atoms with Crippen molar-refractivity contribution in [3.05, 3.63) is 69.7 Å². The first-order chi connectivity index (χ1) is 12.5. The lowest BCUT2D eigenvalue weighted by Crippen LogP contribution is -3.06. The smallest absolute Gasteiger partial charge is 0.255 e. The molecule has 0 aliphatic heterocycles. The molecule has 1 aromatic carbocycles. The minimum Gasteiger partial charge on any atom is -0.346 e. The molecule has 0 radical (unpaired) electrons. The number of hydrogen-bond donors (Lipinski definition) is 2. The van der Waals surface area contributed by atoms with Crippen molar-refractivity contribution in [3.8, 4) is 5.69 Å². The van der Waals surface area contributed by atoms with Crippen LogP contribution in [0, 0.1) is 13.8 Å². The second-order valence-corrected chi connectivity index (χ2v) is 7.63. The Bertz CT molecular complexity index is 869. The van der Waals surface area contributed by atoms with Crippen LogP contribution in [0.4, 0.5) is 0 Å². The topological polar surface area (TPSA) is 51.4 Å². The molecule has 3 aromatic rings. The number of likely N-dealkylation sites (N-methyl/N-ethyl adjacent to an activating group) is 1. The molecule has 1 atom stereocenters. The lowest BCUT2D eigenvalue weighted by molar-refractivity contribution is -0.890. The van der Waals surface area contributed by atoms with Gasteiger partial charge in [-0.2, -0.15) is 5.10 Å². The van der Waals surface area contributed by atoms with Gasteiger partial charge < -0.3 is 10.2 Å². The van der Waals surface area contributed by atoms with Crippen LogP contribution in [-0.2, 0) is 0 Å². The second-order valence-electron chi connectivity index (χ2n) is 6.65. The van der Waals surface area contributed by atoms with Gasteiger partial charge in [-0.1, -0.05) is 24.3 Å². The van der Waals surface area contributed by atoms with Gasteiger partial charge in [-0.3, -0.25) is 4.79 Å². The third-order valence-electron chi connectivity index (χ3n) is 4.57. The molecule has 5 nitrogen and oxygen atoms in total. The van der Waals surface area contributed by atoms with E-state index in [1.807, 2.05) is 48.9 Å². The van der Waals surface area contributed by atoms with Crippen LogP contribution in [0.5, 0.6) is 0 Å². The first kappa shape index (κ1) is 18.4. The van der Waals surface area contributed by atoms with Gasteiger partial charge in [-0.15, -0.1) is 11.3 Å². The monoisotopic (exact) mass is 369 g/mol. The van der Waals surface area contributed by atoms with E-state index >= 15 is 0 Å². The minimum atomic E-state index is -0.0648. The molecule has 136 valence electrons. The van der Waals surface area contributed by atoms with E-state index < -0.39 is 0 Å². The van der Waals surface area contributed by atoms with Gasteiger partial charge >= 0.3 is 0 Å². The number of aryl methyl sites for hydroxylation is 1. The highest BCUT2D eigenvalue weighted by atomic mass is 32.1. The summed E-state index contributed by atoms with van der Waals surface area (Å²) in [5.41, 5.74) is 3.22.